The molecule has 1 saturated carbocycles. The number of alkyl halides is 1. The van der Waals surface area contributed by atoms with Crippen LogP contribution in [0.4, 0.5) is 4.39 Å². The predicted molar refractivity (Wildman–Crippen MR) is 47.4 cm³/mol. The van der Waals surface area contributed by atoms with Crippen LogP contribution in [-0.4, -0.2) is 42.3 Å². The van der Waals surface area contributed by atoms with Crippen molar-refractivity contribution in [1.29, 1.82) is 0 Å². The molecule has 76 valence electrons. The van der Waals surface area contributed by atoms with Crippen molar-refractivity contribution in [2.75, 3.05) is 26.3 Å². The van der Waals surface area contributed by atoms with E-state index in [0.29, 0.717) is 18.9 Å². The Labute approximate surface area is 77.5 Å². The number of halogens is 1. The van der Waals surface area contributed by atoms with Crippen molar-refractivity contribution in [3.05, 3.63) is 0 Å². The van der Waals surface area contributed by atoms with Crippen LogP contribution in [0.3, 0.4) is 0 Å². The molecule has 0 aromatic rings. The molecule has 0 aromatic heterocycles. The quantitative estimate of drug-likeness (QED) is 0.653. The Bertz CT molecular complexity index is 171. The number of carbonyl (C=O) groups is 1. The van der Waals surface area contributed by atoms with Gasteiger partial charge in [-0.15, -0.1) is 0 Å². The summed E-state index contributed by atoms with van der Waals surface area (Å²) in [6.07, 6.45) is 2.84. The maximum absolute atomic E-state index is 11.9. The molecule has 4 heteroatoms. The molecule has 0 unspecified atom stereocenters. The summed E-state index contributed by atoms with van der Waals surface area (Å²) < 4.78 is 11.9. The molecule has 0 atom stereocenters. The number of carboxylic acid groups (broad SMARTS) is 1. The highest BCUT2D eigenvalue weighted by Crippen LogP contribution is 2.29. The molecule has 1 aliphatic carbocycles. The zero-order valence-electron chi connectivity index (χ0n) is 7.71. The fraction of sp³-hybridized carbons (Fsp3) is 0.889. The topological polar surface area (TPSA) is 40.5 Å². The van der Waals surface area contributed by atoms with E-state index < -0.39 is 5.97 Å². The van der Waals surface area contributed by atoms with Gasteiger partial charge in [-0.3, -0.25) is 14.1 Å². The summed E-state index contributed by atoms with van der Waals surface area (Å²) in [4.78, 5) is 12.3. The highest BCUT2D eigenvalue weighted by atomic mass is 19.1. The van der Waals surface area contributed by atoms with Gasteiger partial charge in [0.25, 0.3) is 0 Å². The maximum atomic E-state index is 11.9. The average molecular weight is 189 g/mol. The van der Waals surface area contributed by atoms with Crippen LogP contribution in [0.25, 0.3) is 0 Å². The minimum atomic E-state index is -0.820. The average Bonchev–Trinajstić information content (AvgIpc) is 2.83. The zero-order valence-corrected chi connectivity index (χ0v) is 7.71. The van der Waals surface area contributed by atoms with Crippen molar-refractivity contribution in [3.8, 4) is 0 Å². The Morgan fingerprint density at radius 1 is 1.54 bits per heavy atom. The first-order valence-corrected chi connectivity index (χ1v) is 4.72. The molecule has 0 radical (unpaired) electrons. The SMILES string of the molecule is O=C(O)CN(CCCF)CC1CC1. The second-order valence-electron chi connectivity index (χ2n) is 3.61. The Morgan fingerprint density at radius 2 is 2.23 bits per heavy atom. The van der Waals surface area contributed by atoms with Crippen LogP contribution in [0.5, 0.6) is 0 Å². The van der Waals surface area contributed by atoms with E-state index in [1.54, 1.807) is 0 Å². The van der Waals surface area contributed by atoms with Crippen LogP contribution in [0.2, 0.25) is 0 Å². The van der Waals surface area contributed by atoms with Gasteiger partial charge in [-0.1, -0.05) is 0 Å². The van der Waals surface area contributed by atoms with E-state index in [4.69, 9.17) is 5.11 Å². The Balaban J connectivity index is 2.19. The van der Waals surface area contributed by atoms with Crippen molar-refractivity contribution in [1.82, 2.24) is 4.90 Å². The lowest BCUT2D eigenvalue weighted by Gasteiger charge is -2.18. The van der Waals surface area contributed by atoms with Gasteiger partial charge in [0.05, 0.1) is 13.2 Å². The predicted octanol–water partition coefficient (Wildman–Crippen LogP) is 1.14. The van der Waals surface area contributed by atoms with Crippen LogP contribution in [0.15, 0.2) is 0 Å². The third-order valence-electron chi connectivity index (χ3n) is 2.18. The van der Waals surface area contributed by atoms with E-state index in [1.807, 2.05) is 4.90 Å². The van der Waals surface area contributed by atoms with Gasteiger partial charge in [0, 0.05) is 13.1 Å². The van der Waals surface area contributed by atoms with Gasteiger partial charge in [0.2, 0.25) is 0 Å². The van der Waals surface area contributed by atoms with E-state index in [0.717, 1.165) is 6.54 Å². The minimum absolute atomic E-state index is 0.0521. The molecule has 0 spiro atoms. The van der Waals surface area contributed by atoms with Gasteiger partial charge < -0.3 is 5.11 Å². The first kappa shape index (κ1) is 10.4. The van der Waals surface area contributed by atoms with Crippen LogP contribution in [-0.2, 0) is 4.79 Å². The van der Waals surface area contributed by atoms with Gasteiger partial charge in [-0.2, -0.15) is 0 Å². The number of carboxylic acids is 1. The van der Waals surface area contributed by atoms with Crippen molar-refractivity contribution in [2.24, 2.45) is 5.92 Å². The number of rotatable bonds is 7. The molecule has 0 amide bonds. The molecular formula is C9H16FNO2. The van der Waals surface area contributed by atoms with E-state index in [-0.39, 0.29) is 13.2 Å². The molecule has 0 bridgehead atoms. The summed E-state index contributed by atoms with van der Waals surface area (Å²) in [6.45, 7) is 1.09. The summed E-state index contributed by atoms with van der Waals surface area (Å²) in [7, 11) is 0. The lowest BCUT2D eigenvalue weighted by atomic mass is 10.3. The molecule has 1 N–H and O–H groups in total. The molecule has 0 heterocycles. The minimum Gasteiger partial charge on any atom is -0.480 e. The van der Waals surface area contributed by atoms with Crippen LogP contribution < -0.4 is 0 Å². The van der Waals surface area contributed by atoms with Gasteiger partial charge in [-0.25, -0.2) is 0 Å². The Kier molecular flexibility index (Phi) is 4.15. The largest absolute Gasteiger partial charge is 0.480 e. The zero-order chi connectivity index (χ0) is 9.68. The van der Waals surface area contributed by atoms with Crippen LogP contribution >= 0.6 is 0 Å². The second-order valence-corrected chi connectivity index (χ2v) is 3.61. The van der Waals surface area contributed by atoms with Crippen LogP contribution in [0.1, 0.15) is 19.3 Å². The van der Waals surface area contributed by atoms with Crippen molar-refractivity contribution >= 4 is 5.97 Å². The van der Waals surface area contributed by atoms with Gasteiger partial charge in [-0.05, 0) is 25.2 Å². The van der Waals surface area contributed by atoms with E-state index >= 15 is 0 Å². The van der Waals surface area contributed by atoms with Crippen molar-refractivity contribution < 1.29 is 14.3 Å². The van der Waals surface area contributed by atoms with Gasteiger partial charge in [0.1, 0.15) is 0 Å². The van der Waals surface area contributed by atoms with E-state index in [1.165, 1.54) is 12.8 Å². The fourth-order valence-electron chi connectivity index (χ4n) is 1.38. The molecule has 0 aliphatic heterocycles. The maximum Gasteiger partial charge on any atom is 0.317 e. The first-order valence-electron chi connectivity index (χ1n) is 4.72. The van der Waals surface area contributed by atoms with Crippen molar-refractivity contribution in [3.63, 3.8) is 0 Å². The number of nitrogens with zero attached hydrogens (tertiary/aromatic N) is 1. The summed E-state index contributed by atoms with van der Waals surface area (Å²) in [5, 5.41) is 8.58. The third kappa shape index (κ3) is 4.83. The summed E-state index contributed by atoms with van der Waals surface area (Å²) in [5.74, 6) is -0.154. The van der Waals surface area contributed by atoms with Crippen molar-refractivity contribution in [2.45, 2.75) is 19.3 Å². The highest BCUT2D eigenvalue weighted by Gasteiger charge is 2.24. The highest BCUT2D eigenvalue weighted by molar-refractivity contribution is 5.69. The smallest absolute Gasteiger partial charge is 0.317 e. The lowest BCUT2D eigenvalue weighted by molar-refractivity contribution is -0.138. The standard InChI is InChI=1S/C9H16FNO2/c10-4-1-5-11(7-9(12)13)6-8-2-3-8/h8H,1-7H2,(H,12,13). The molecule has 0 saturated heterocycles. The first-order chi connectivity index (χ1) is 6.22. The van der Waals surface area contributed by atoms with E-state index in [9.17, 15) is 9.18 Å². The number of hydrogen-bond acceptors (Lipinski definition) is 2. The molecule has 1 aliphatic rings. The normalized spacial score (nSPS) is 16.5. The summed E-state index contributed by atoms with van der Waals surface area (Å²) in [6, 6.07) is 0. The molecule has 13 heavy (non-hydrogen) atoms. The van der Waals surface area contributed by atoms with Crippen LogP contribution in [0, 0.1) is 5.92 Å². The summed E-state index contributed by atoms with van der Waals surface area (Å²) in [5.41, 5.74) is 0. The molecular weight excluding hydrogens is 173 g/mol. The molecule has 1 fully saturated rings. The van der Waals surface area contributed by atoms with E-state index in [2.05, 4.69) is 0 Å². The third-order valence-corrected chi connectivity index (χ3v) is 2.18. The second kappa shape index (κ2) is 5.17. The lowest BCUT2D eigenvalue weighted by Crippen LogP contribution is -2.32. The Morgan fingerprint density at radius 3 is 2.69 bits per heavy atom. The summed E-state index contributed by atoms with van der Waals surface area (Å²) >= 11 is 0. The van der Waals surface area contributed by atoms with Gasteiger partial charge >= 0.3 is 5.97 Å². The molecule has 1 rings (SSSR count). The number of aliphatic carboxylic acids is 1. The fourth-order valence-corrected chi connectivity index (χ4v) is 1.38. The van der Waals surface area contributed by atoms with Gasteiger partial charge in [0.15, 0.2) is 0 Å². The Hall–Kier alpha value is -0.640. The number of hydrogen-bond donors (Lipinski definition) is 1. The monoisotopic (exact) mass is 189 g/mol. The molecule has 0 aromatic carbocycles. The molecule has 3 nitrogen and oxygen atoms in total.